The minimum Gasteiger partial charge on any atom is -0.354 e. The molecule has 0 saturated heterocycles. The molecule has 0 heterocycles. The Morgan fingerprint density at radius 3 is 2.29 bits per heavy atom. The van der Waals surface area contributed by atoms with Crippen molar-refractivity contribution in [3.05, 3.63) is 29.8 Å². The minimum absolute atomic E-state index is 0.00986. The Bertz CT molecular complexity index is 495. The number of hydrogen-bond donors (Lipinski definition) is 1. The molecule has 0 saturated carbocycles. The van der Waals surface area contributed by atoms with Crippen molar-refractivity contribution in [1.29, 1.82) is 0 Å². The minimum atomic E-state index is -0.0428. The topological polar surface area (TPSA) is 49.4 Å². The standard InChI is InChI=1S/C17H26N2O2/c1-12(2)15-8-6-7-9-16(15)19(14(5)20)11-10-18-17(21)13(3)4/h6-9,12-13H,10-11H2,1-5H3,(H,18,21). The molecule has 0 bridgehead atoms. The van der Waals surface area contributed by atoms with Gasteiger partial charge in [0, 0.05) is 31.6 Å². The van der Waals surface area contributed by atoms with Gasteiger partial charge >= 0.3 is 0 Å². The summed E-state index contributed by atoms with van der Waals surface area (Å²) in [4.78, 5) is 25.3. The van der Waals surface area contributed by atoms with Gasteiger partial charge in [0.2, 0.25) is 11.8 Å². The summed E-state index contributed by atoms with van der Waals surface area (Å²) >= 11 is 0. The SMILES string of the molecule is CC(=O)N(CCNC(=O)C(C)C)c1ccccc1C(C)C. The second-order valence-corrected chi connectivity index (χ2v) is 5.83. The first kappa shape index (κ1) is 17.2. The molecule has 0 unspecified atom stereocenters. The molecule has 0 spiro atoms. The van der Waals surface area contributed by atoms with Crippen LogP contribution in [-0.2, 0) is 9.59 Å². The van der Waals surface area contributed by atoms with Crippen molar-refractivity contribution in [2.45, 2.75) is 40.5 Å². The van der Waals surface area contributed by atoms with Gasteiger partial charge < -0.3 is 10.2 Å². The zero-order valence-corrected chi connectivity index (χ0v) is 13.6. The highest BCUT2D eigenvalue weighted by Gasteiger charge is 2.17. The molecule has 0 radical (unpaired) electrons. The molecule has 0 atom stereocenters. The van der Waals surface area contributed by atoms with Crippen LogP contribution >= 0.6 is 0 Å². The van der Waals surface area contributed by atoms with Crippen LogP contribution in [0.2, 0.25) is 0 Å². The molecule has 0 aromatic heterocycles. The third kappa shape index (κ3) is 4.88. The van der Waals surface area contributed by atoms with Crippen LogP contribution in [0, 0.1) is 5.92 Å². The predicted molar refractivity (Wildman–Crippen MR) is 86.4 cm³/mol. The molecule has 4 nitrogen and oxygen atoms in total. The number of carbonyl (C=O) groups excluding carboxylic acids is 2. The number of carbonyl (C=O) groups is 2. The maximum atomic E-state index is 11.9. The van der Waals surface area contributed by atoms with E-state index in [2.05, 4.69) is 19.2 Å². The lowest BCUT2D eigenvalue weighted by Gasteiger charge is -2.25. The lowest BCUT2D eigenvalue weighted by atomic mass is 10.0. The molecule has 1 aromatic carbocycles. The van der Waals surface area contributed by atoms with E-state index in [1.165, 1.54) is 0 Å². The average molecular weight is 290 g/mol. The summed E-state index contributed by atoms with van der Waals surface area (Å²) in [6.45, 7) is 10.4. The Morgan fingerprint density at radius 1 is 1.14 bits per heavy atom. The maximum Gasteiger partial charge on any atom is 0.223 e. The van der Waals surface area contributed by atoms with Crippen LogP contribution in [0.15, 0.2) is 24.3 Å². The first-order valence-electron chi connectivity index (χ1n) is 7.49. The summed E-state index contributed by atoms with van der Waals surface area (Å²) in [7, 11) is 0. The van der Waals surface area contributed by atoms with Crippen molar-refractivity contribution in [2.75, 3.05) is 18.0 Å². The van der Waals surface area contributed by atoms with Gasteiger partial charge in [-0.2, -0.15) is 0 Å². The zero-order valence-electron chi connectivity index (χ0n) is 13.6. The molecule has 1 aromatic rings. The molecule has 0 aliphatic heterocycles. The maximum absolute atomic E-state index is 11.9. The van der Waals surface area contributed by atoms with E-state index in [0.717, 1.165) is 11.3 Å². The van der Waals surface area contributed by atoms with E-state index in [1.807, 2.05) is 38.1 Å². The third-order valence-electron chi connectivity index (χ3n) is 3.39. The molecular weight excluding hydrogens is 264 g/mol. The van der Waals surface area contributed by atoms with Gasteiger partial charge in [0.25, 0.3) is 0 Å². The molecule has 21 heavy (non-hydrogen) atoms. The summed E-state index contributed by atoms with van der Waals surface area (Å²) in [5, 5.41) is 2.85. The third-order valence-corrected chi connectivity index (χ3v) is 3.39. The van der Waals surface area contributed by atoms with E-state index in [0.29, 0.717) is 19.0 Å². The fourth-order valence-electron chi connectivity index (χ4n) is 2.16. The van der Waals surface area contributed by atoms with Crippen molar-refractivity contribution in [1.82, 2.24) is 5.32 Å². The second-order valence-electron chi connectivity index (χ2n) is 5.83. The lowest BCUT2D eigenvalue weighted by molar-refractivity contribution is -0.124. The quantitative estimate of drug-likeness (QED) is 0.875. The van der Waals surface area contributed by atoms with Gasteiger partial charge in [-0.3, -0.25) is 9.59 Å². The molecule has 0 aliphatic carbocycles. The molecular formula is C17H26N2O2. The van der Waals surface area contributed by atoms with Crippen LogP contribution in [0.3, 0.4) is 0 Å². The molecule has 0 aliphatic rings. The van der Waals surface area contributed by atoms with Crippen molar-refractivity contribution in [3.63, 3.8) is 0 Å². The van der Waals surface area contributed by atoms with Crippen LogP contribution in [0.25, 0.3) is 0 Å². The molecule has 1 rings (SSSR count). The highest BCUT2D eigenvalue weighted by molar-refractivity contribution is 5.92. The van der Waals surface area contributed by atoms with Crippen molar-refractivity contribution < 1.29 is 9.59 Å². The summed E-state index contributed by atoms with van der Waals surface area (Å²) in [6.07, 6.45) is 0. The van der Waals surface area contributed by atoms with E-state index in [4.69, 9.17) is 0 Å². The Kier molecular flexibility index (Phi) is 6.40. The number of rotatable bonds is 6. The summed E-state index contributed by atoms with van der Waals surface area (Å²) in [5.74, 6) is 0.296. The number of hydrogen-bond acceptors (Lipinski definition) is 2. The molecule has 4 heteroatoms. The van der Waals surface area contributed by atoms with E-state index in [-0.39, 0.29) is 17.7 Å². The number of nitrogens with zero attached hydrogens (tertiary/aromatic N) is 1. The number of nitrogens with one attached hydrogen (secondary N) is 1. The van der Waals surface area contributed by atoms with Crippen LogP contribution in [0.5, 0.6) is 0 Å². The number of benzene rings is 1. The first-order chi connectivity index (χ1) is 9.84. The Morgan fingerprint density at radius 2 is 1.76 bits per heavy atom. The predicted octanol–water partition coefficient (Wildman–Crippen LogP) is 2.94. The highest BCUT2D eigenvalue weighted by Crippen LogP contribution is 2.27. The van der Waals surface area contributed by atoms with E-state index in [1.54, 1.807) is 11.8 Å². The molecule has 2 amide bonds. The smallest absolute Gasteiger partial charge is 0.223 e. The first-order valence-corrected chi connectivity index (χ1v) is 7.49. The number of anilines is 1. The number of para-hydroxylation sites is 1. The number of amides is 2. The average Bonchev–Trinajstić information content (AvgIpc) is 2.42. The molecule has 116 valence electrons. The van der Waals surface area contributed by atoms with Crippen LogP contribution in [0.1, 0.15) is 46.1 Å². The fraction of sp³-hybridized carbons (Fsp3) is 0.529. The Balaban J connectivity index is 2.84. The van der Waals surface area contributed by atoms with Gasteiger partial charge in [-0.05, 0) is 17.5 Å². The van der Waals surface area contributed by atoms with Crippen LogP contribution < -0.4 is 10.2 Å². The van der Waals surface area contributed by atoms with Gasteiger partial charge in [-0.1, -0.05) is 45.9 Å². The van der Waals surface area contributed by atoms with Gasteiger partial charge in [-0.25, -0.2) is 0 Å². The van der Waals surface area contributed by atoms with Crippen molar-refractivity contribution in [3.8, 4) is 0 Å². The highest BCUT2D eigenvalue weighted by atomic mass is 16.2. The summed E-state index contributed by atoms with van der Waals surface area (Å²) < 4.78 is 0. The monoisotopic (exact) mass is 290 g/mol. The van der Waals surface area contributed by atoms with Gasteiger partial charge in [0.1, 0.15) is 0 Å². The molecule has 0 fully saturated rings. The van der Waals surface area contributed by atoms with Crippen molar-refractivity contribution >= 4 is 17.5 Å². The van der Waals surface area contributed by atoms with Crippen molar-refractivity contribution in [2.24, 2.45) is 5.92 Å². The Hall–Kier alpha value is -1.84. The summed E-state index contributed by atoms with van der Waals surface area (Å²) in [6, 6.07) is 7.92. The zero-order chi connectivity index (χ0) is 16.0. The van der Waals surface area contributed by atoms with E-state index < -0.39 is 0 Å². The van der Waals surface area contributed by atoms with Gasteiger partial charge in [0.05, 0.1) is 0 Å². The second kappa shape index (κ2) is 7.81. The Labute approximate surface area is 127 Å². The molecule has 1 N–H and O–H groups in total. The normalized spacial score (nSPS) is 10.8. The fourth-order valence-corrected chi connectivity index (χ4v) is 2.16. The van der Waals surface area contributed by atoms with E-state index >= 15 is 0 Å². The van der Waals surface area contributed by atoms with Crippen LogP contribution in [-0.4, -0.2) is 24.9 Å². The lowest BCUT2D eigenvalue weighted by Crippen LogP contribution is -2.39. The van der Waals surface area contributed by atoms with E-state index in [9.17, 15) is 9.59 Å². The summed E-state index contributed by atoms with van der Waals surface area (Å²) in [5.41, 5.74) is 2.07. The van der Waals surface area contributed by atoms with Crippen LogP contribution in [0.4, 0.5) is 5.69 Å². The van der Waals surface area contributed by atoms with Gasteiger partial charge in [0.15, 0.2) is 0 Å². The van der Waals surface area contributed by atoms with Gasteiger partial charge in [-0.15, -0.1) is 0 Å². The largest absolute Gasteiger partial charge is 0.354 e.